The number of aromatic amines is 1. The summed E-state index contributed by atoms with van der Waals surface area (Å²) in [6.07, 6.45) is 4.82. The van der Waals surface area contributed by atoms with Crippen LogP contribution in [-0.4, -0.2) is 24.0 Å². The Morgan fingerprint density at radius 1 is 1.71 bits per heavy atom. The van der Waals surface area contributed by atoms with E-state index in [0.29, 0.717) is 6.42 Å². The van der Waals surface area contributed by atoms with E-state index in [-0.39, 0.29) is 11.9 Å². The molecule has 0 aromatic carbocycles. The Kier molecular flexibility index (Phi) is 3.71. The van der Waals surface area contributed by atoms with Gasteiger partial charge >= 0.3 is 0 Å². The minimum atomic E-state index is 0.0820. The molecule has 0 saturated carbocycles. The lowest BCUT2D eigenvalue weighted by atomic mass is 10.2. The van der Waals surface area contributed by atoms with E-state index in [1.165, 1.54) is 0 Å². The summed E-state index contributed by atoms with van der Waals surface area (Å²) >= 11 is 0. The summed E-state index contributed by atoms with van der Waals surface area (Å²) in [6, 6.07) is 1.95. The number of carbonyl (C=O) groups is 1. The molecule has 1 heterocycles. The molecular weight excluding hydrogens is 178 g/mol. The van der Waals surface area contributed by atoms with Gasteiger partial charge in [0.15, 0.2) is 0 Å². The molecule has 1 unspecified atom stereocenters. The third kappa shape index (κ3) is 2.88. The summed E-state index contributed by atoms with van der Waals surface area (Å²) in [7, 11) is 1.77. The fourth-order valence-electron chi connectivity index (χ4n) is 1.19. The van der Waals surface area contributed by atoms with Gasteiger partial charge in [-0.2, -0.15) is 0 Å². The van der Waals surface area contributed by atoms with Gasteiger partial charge < -0.3 is 15.6 Å². The second kappa shape index (κ2) is 4.81. The van der Waals surface area contributed by atoms with Crippen molar-refractivity contribution in [3.05, 3.63) is 18.5 Å². The van der Waals surface area contributed by atoms with Gasteiger partial charge in [-0.25, -0.2) is 0 Å². The second-order valence-electron chi connectivity index (χ2n) is 3.54. The Balaban J connectivity index is 2.45. The Hall–Kier alpha value is -1.29. The molecule has 0 aliphatic heterocycles. The van der Waals surface area contributed by atoms with Crippen molar-refractivity contribution in [2.45, 2.75) is 25.8 Å². The van der Waals surface area contributed by atoms with Crippen LogP contribution in [0.1, 0.15) is 19.8 Å². The summed E-state index contributed by atoms with van der Waals surface area (Å²) in [4.78, 5) is 16.2. The number of anilines is 1. The summed E-state index contributed by atoms with van der Waals surface area (Å²) in [5.74, 6) is 0.0990. The Labute approximate surface area is 84.1 Å². The first kappa shape index (κ1) is 10.8. The Bertz CT molecular complexity index is 280. The van der Waals surface area contributed by atoms with Crippen molar-refractivity contribution in [2.75, 3.05) is 11.9 Å². The minimum Gasteiger partial charge on any atom is -0.366 e. The van der Waals surface area contributed by atoms with Crippen LogP contribution in [0.3, 0.4) is 0 Å². The predicted octanol–water partition coefficient (Wildman–Crippen LogP) is 1.10. The van der Waals surface area contributed by atoms with Crippen molar-refractivity contribution >= 4 is 11.6 Å². The first-order valence-corrected chi connectivity index (χ1v) is 4.76. The van der Waals surface area contributed by atoms with Gasteiger partial charge in [-0.3, -0.25) is 4.79 Å². The van der Waals surface area contributed by atoms with Crippen LogP contribution in [0.4, 0.5) is 5.69 Å². The van der Waals surface area contributed by atoms with Crippen molar-refractivity contribution in [3.63, 3.8) is 0 Å². The van der Waals surface area contributed by atoms with Crippen LogP contribution < -0.4 is 10.6 Å². The lowest BCUT2D eigenvalue weighted by Gasteiger charge is -2.15. The SMILES string of the molecule is CC(N)CCC(=O)N(C)c1cc[nH]c1. The highest BCUT2D eigenvalue weighted by atomic mass is 16.2. The molecule has 78 valence electrons. The number of hydrogen-bond donors (Lipinski definition) is 2. The molecule has 0 aliphatic rings. The summed E-state index contributed by atoms with van der Waals surface area (Å²) < 4.78 is 0. The van der Waals surface area contributed by atoms with E-state index in [4.69, 9.17) is 5.73 Å². The van der Waals surface area contributed by atoms with Gasteiger partial charge in [-0.1, -0.05) is 0 Å². The number of rotatable bonds is 4. The quantitative estimate of drug-likeness (QED) is 0.755. The molecule has 1 rings (SSSR count). The standard InChI is InChI=1S/C10H17N3O/c1-8(11)3-4-10(14)13(2)9-5-6-12-7-9/h5-8,12H,3-4,11H2,1-2H3. The summed E-state index contributed by atoms with van der Waals surface area (Å²) in [5, 5.41) is 0. The van der Waals surface area contributed by atoms with Gasteiger partial charge in [0.05, 0.1) is 5.69 Å². The molecule has 1 amide bonds. The number of H-pyrrole nitrogens is 1. The number of amides is 1. The Morgan fingerprint density at radius 3 is 2.93 bits per heavy atom. The minimum absolute atomic E-state index is 0.0820. The lowest BCUT2D eigenvalue weighted by Crippen LogP contribution is -2.27. The number of nitrogens with one attached hydrogen (secondary N) is 1. The molecule has 0 bridgehead atoms. The van der Waals surface area contributed by atoms with Gasteiger partial charge in [-0.05, 0) is 19.4 Å². The molecular formula is C10H17N3O. The molecule has 4 heteroatoms. The van der Waals surface area contributed by atoms with E-state index in [0.717, 1.165) is 12.1 Å². The van der Waals surface area contributed by atoms with E-state index in [1.807, 2.05) is 13.0 Å². The average molecular weight is 195 g/mol. The van der Waals surface area contributed by atoms with Gasteiger partial charge in [0.2, 0.25) is 5.91 Å². The highest BCUT2D eigenvalue weighted by Gasteiger charge is 2.11. The van der Waals surface area contributed by atoms with Gasteiger partial charge in [0.25, 0.3) is 0 Å². The fourth-order valence-corrected chi connectivity index (χ4v) is 1.19. The van der Waals surface area contributed by atoms with E-state index >= 15 is 0 Å². The maximum atomic E-state index is 11.6. The maximum Gasteiger partial charge on any atom is 0.226 e. The van der Waals surface area contributed by atoms with Gasteiger partial charge in [0, 0.05) is 31.9 Å². The largest absolute Gasteiger partial charge is 0.366 e. The highest BCUT2D eigenvalue weighted by molar-refractivity contribution is 5.92. The number of nitrogens with two attached hydrogens (primary N) is 1. The van der Waals surface area contributed by atoms with Crippen molar-refractivity contribution in [2.24, 2.45) is 5.73 Å². The van der Waals surface area contributed by atoms with Crippen molar-refractivity contribution in [1.29, 1.82) is 0 Å². The van der Waals surface area contributed by atoms with E-state index < -0.39 is 0 Å². The number of hydrogen-bond acceptors (Lipinski definition) is 2. The number of nitrogens with zero attached hydrogens (tertiary/aromatic N) is 1. The lowest BCUT2D eigenvalue weighted by molar-refractivity contribution is -0.118. The molecule has 0 radical (unpaired) electrons. The molecule has 0 fully saturated rings. The monoisotopic (exact) mass is 195 g/mol. The molecule has 1 atom stereocenters. The average Bonchev–Trinajstić information content (AvgIpc) is 2.65. The molecule has 0 saturated heterocycles. The maximum absolute atomic E-state index is 11.6. The topological polar surface area (TPSA) is 62.1 Å². The van der Waals surface area contributed by atoms with E-state index in [2.05, 4.69) is 4.98 Å². The predicted molar refractivity (Wildman–Crippen MR) is 57.1 cm³/mol. The fraction of sp³-hybridized carbons (Fsp3) is 0.500. The van der Waals surface area contributed by atoms with Crippen molar-refractivity contribution in [3.8, 4) is 0 Å². The van der Waals surface area contributed by atoms with E-state index in [1.54, 1.807) is 24.3 Å². The van der Waals surface area contributed by atoms with Crippen LogP contribution in [-0.2, 0) is 4.79 Å². The van der Waals surface area contributed by atoms with Crippen LogP contribution in [0.15, 0.2) is 18.5 Å². The van der Waals surface area contributed by atoms with Crippen LogP contribution >= 0.6 is 0 Å². The van der Waals surface area contributed by atoms with Crippen molar-refractivity contribution in [1.82, 2.24) is 4.98 Å². The number of carbonyl (C=O) groups excluding carboxylic acids is 1. The zero-order valence-corrected chi connectivity index (χ0v) is 8.66. The zero-order chi connectivity index (χ0) is 10.6. The summed E-state index contributed by atoms with van der Waals surface area (Å²) in [6.45, 7) is 1.91. The zero-order valence-electron chi connectivity index (χ0n) is 8.66. The molecule has 1 aromatic heterocycles. The Morgan fingerprint density at radius 2 is 2.43 bits per heavy atom. The second-order valence-corrected chi connectivity index (χ2v) is 3.54. The normalized spacial score (nSPS) is 12.5. The molecule has 14 heavy (non-hydrogen) atoms. The van der Waals surface area contributed by atoms with Crippen LogP contribution in [0.5, 0.6) is 0 Å². The molecule has 0 spiro atoms. The first-order valence-electron chi connectivity index (χ1n) is 4.76. The first-order chi connectivity index (χ1) is 6.61. The van der Waals surface area contributed by atoms with Gasteiger partial charge in [0.1, 0.15) is 0 Å². The van der Waals surface area contributed by atoms with Crippen LogP contribution in [0.25, 0.3) is 0 Å². The van der Waals surface area contributed by atoms with E-state index in [9.17, 15) is 4.79 Å². The van der Waals surface area contributed by atoms with Crippen molar-refractivity contribution < 1.29 is 4.79 Å². The molecule has 0 aliphatic carbocycles. The van der Waals surface area contributed by atoms with Crippen LogP contribution in [0, 0.1) is 0 Å². The molecule has 3 N–H and O–H groups in total. The molecule has 4 nitrogen and oxygen atoms in total. The summed E-state index contributed by atoms with van der Waals surface area (Å²) in [5.41, 5.74) is 6.47. The highest BCUT2D eigenvalue weighted by Crippen LogP contribution is 2.12. The van der Waals surface area contributed by atoms with Gasteiger partial charge in [-0.15, -0.1) is 0 Å². The number of aromatic nitrogens is 1. The third-order valence-electron chi connectivity index (χ3n) is 2.16. The third-order valence-corrected chi connectivity index (χ3v) is 2.16. The smallest absolute Gasteiger partial charge is 0.226 e. The van der Waals surface area contributed by atoms with Crippen LogP contribution in [0.2, 0.25) is 0 Å². The molecule has 1 aromatic rings.